The minimum atomic E-state index is -0.205. The predicted octanol–water partition coefficient (Wildman–Crippen LogP) is 2.02. The molecule has 1 aromatic carbocycles. The first kappa shape index (κ1) is 13.0. The molecular weight excluding hydrogens is 280 g/mol. The lowest BCUT2D eigenvalue weighted by molar-refractivity contribution is -0.121. The highest BCUT2D eigenvalue weighted by molar-refractivity contribution is 6.34. The van der Waals surface area contributed by atoms with Crippen LogP contribution in [-0.2, 0) is 14.4 Å². The van der Waals surface area contributed by atoms with Crippen molar-refractivity contribution in [3.8, 4) is 0 Å². The largest absolute Gasteiger partial charge is 0.326 e. The first-order chi connectivity index (χ1) is 10.6. The number of hydrogen-bond donors (Lipinski definition) is 1. The summed E-state index contributed by atoms with van der Waals surface area (Å²) in [4.78, 5) is 37.5. The SMILES string of the molecule is CC(=O)Nc1ccc(N2C(=O)C3=C(C2=O)[C@@H]2C=C[C@@H]3C2)cc1. The van der Waals surface area contributed by atoms with Crippen LogP contribution in [0.1, 0.15) is 13.3 Å². The fraction of sp³-hybridized carbons (Fsp3) is 0.235. The number of carbonyl (C=O) groups excluding carboxylic acids is 3. The van der Waals surface area contributed by atoms with Crippen molar-refractivity contribution in [3.05, 3.63) is 47.6 Å². The third kappa shape index (κ3) is 1.68. The molecule has 2 atom stereocenters. The van der Waals surface area contributed by atoms with Gasteiger partial charge in [0.1, 0.15) is 0 Å². The highest BCUT2D eigenvalue weighted by Gasteiger charge is 2.50. The zero-order valence-corrected chi connectivity index (χ0v) is 12.0. The van der Waals surface area contributed by atoms with E-state index in [-0.39, 0.29) is 29.6 Å². The first-order valence-electron chi connectivity index (χ1n) is 7.25. The van der Waals surface area contributed by atoms with Gasteiger partial charge in [-0.25, -0.2) is 4.90 Å². The van der Waals surface area contributed by atoms with Crippen LogP contribution in [0, 0.1) is 11.8 Å². The average Bonchev–Trinajstić information content (AvgIpc) is 3.14. The van der Waals surface area contributed by atoms with Crippen LogP contribution in [0.15, 0.2) is 47.6 Å². The van der Waals surface area contributed by atoms with Crippen LogP contribution in [-0.4, -0.2) is 17.7 Å². The molecule has 5 heteroatoms. The van der Waals surface area contributed by atoms with Gasteiger partial charge in [0.2, 0.25) is 5.91 Å². The molecule has 3 amide bonds. The summed E-state index contributed by atoms with van der Waals surface area (Å²) in [5.41, 5.74) is 2.52. The van der Waals surface area contributed by atoms with Crippen molar-refractivity contribution < 1.29 is 14.4 Å². The molecule has 0 aromatic heterocycles. The van der Waals surface area contributed by atoms with E-state index >= 15 is 0 Å². The summed E-state index contributed by atoms with van der Waals surface area (Å²) in [5.74, 6) is -0.377. The molecule has 1 aromatic rings. The number of anilines is 2. The molecule has 5 nitrogen and oxygen atoms in total. The van der Waals surface area contributed by atoms with E-state index in [1.165, 1.54) is 11.8 Å². The summed E-state index contributed by atoms with van der Waals surface area (Å²) >= 11 is 0. The van der Waals surface area contributed by atoms with Gasteiger partial charge >= 0.3 is 0 Å². The number of imide groups is 1. The minimum Gasteiger partial charge on any atom is -0.326 e. The van der Waals surface area contributed by atoms with Gasteiger partial charge in [-0.2, -0.15) is 0 Å². The van der Waals surface area contributed by atoms with Crippen molar-refractivity contribution in [3.63, 3.8) is 0 Å². The zero-order chi connectivity index (χ0) is 15.4. The average molecular weight is 294 g/mol. The second-order valence-electron chi connectivity index (χ2n) is 5.83. The molecule has 3 aliphatic rings. The molecule has 1 heterocycles. The Morgan fingerprint density at radius 1 is 1.05 bits per heavy atom. The van der Waals surface area contributed by atoms with Crippen LogP contribution in [0.4, 0.5) is 11.4 Å². The molecule has 110 valence electrons. The number of nitrogens with one attached hydrogen (secondary N) is 1. The van der Waals surface area contributed by atoms with Gasteiger partial charge in [-0.1, -0.05) is 12.2 Å². The summed E-state index contributed by atoms with van der Waals surface area (Å²) in [6.07, 6.45) is 4.91. The quantitative estimate of drug-likeness (QED) is 0.670. The normalized spacial score (nSPS) is 25.2. The van der Waals surface area contributed by atoms with Crippen molar-refractivity contribution in [2.75, 3.05) is 10.2 Å². The monoisotopic (exact) mass is 294 g/mol. The summed E-state index contributed by atoms with van der Waals surface area (Å²) in [6, 6.07) is 6.73. The van der Waals surface area contributed by atoms with E-state index in [1.54, 1.807) is 24.3 Å². The first-order valence-corrected chi connectivity index (χ1v) is 7.25. The highest BCUT2D eigenvalue weighted by Crippen LogP contribution is 2.49. The van der Waals surface area contributed by atoms with Gasteiger partial charge in [0.15, 0.2) is 0 Å². The number of rotatable bonds is 2. The van der Waals surface area contributed by atoms with Gasteiger partial charge in [-0.05, 0) is 30.7 Å². The van der Waals surface area contributed by atoms with Crippen molar-refractivity contribution in [1.29, 1.82) is 0 Å². The summed E-state index contributed by atoms with van der Waals surface area (Å²) in [6.45, 7) is 1.43. The van der Waals surface area contributed by atoms with Crippen molar-refractivity contribution >= 4 is 29.1 Å². The smallest absolute Gasteiger partial charge is 0.262 e. The van der Waals surface area contributed by atoms with Gasteiger partial charge < -0.3 is 5.32 Å². The second-order valence-corrected chi connectivity index (χ2v) is 5.83. The fourth-order valence-electron chi connectivity index (χ4n) is 3.54. The van der Waals surface area contributed by atoms with Crippen LogP contribution < -0.4 is 10.2 Å². The Labute approximate surface area is 127 Å². The van der Waals surface area contributed by atoms with Crippen molar-refractivity contribution in [1.82, 2.24) is 0 Å². The summed E-state index contributed by atoms with van der Waals surface area (Å²) < 4.78 is 0. The number of allylic oxidation sites excluding steroid dienone is 2. The third-order valence-corrected chi connectivity index (χ3v) is 4.43. The standard InChI is InChI=1S/C17H14N2O3/c1-9(20)18-12-4-6-13(7-5-12)19-16(21)14-10-2-3-11(8-10)15(14)17(19)22/h2-7,10-11H,8H2,1H3,(H,18,20)/t10-,11-/m1/s1. The van der Waals surface area contributed by atoms with Crippen LogP contribution in [0.25, 0.3) is 0 Å². The fourth-order valence-corrected chi connectivity index (χ4v) is 3.54. The number of benzene rings is 1. The molecule has 0 saturated carbocycles. The van der Waals surface area contributed by atoms with Gasteiger partial charge in [0.25, 0.3) is 11.8 Å². The molecule has 0 fully saturated rings. The Balaban J connectivity index is 1.64. The van der Waals surface area contributed by atoms with Crippen LogP contribution >= 0.6 is 0 Å². The Bertz CT molecular complexity index is 740. The molecule has 2 aliphatic carbocycles. The zero-order valence-electron chi connectivity index (χ0n) is 12.0. The molecule has 0 unspecified atom stereocenters. The molecular formula is C17H14N2O3. The van der Waals surface area contributed by atoms with Crippen LogP contribution in [0.3, 0.4) is 0 Å². The lowest BCUT2D eigenvalue weighted by atomic mass is 9.99. The molecule has 0 spiro atoms. The van der Waals surface area contributed by atoms with Gasteiger partial charge in [-0.15, -0.1) is 0 Å². The third-order valence-electron chi connectivity index (χ3n) is 4.43. The van der Waals surface area contributed by atoms with Crippen molar-refractivity contribution in [2.45, 2.75) is 13.3 Å². The van der Waals surface area contributed by atoms with Crippen molar-refractivity contribution in [2.24, 2.45) is 11.8 Å². The van der Waals surface area contributed by atoms with Gasteiger partial charge in [-0.3, -0.25) is 14.4 Å². The number of nitrogens with zero attached hydrogens (tertiary/aromatic N) is 1. The molecule has 0 radical (unpaired) electrons. The Morgan fingerprint density at radius 3 is 2.09 bits per heavy atom. The maximum Gasteiger partial charge on any atom is 0.262 e. The van der Waals surface area contributed by atoms with E-state index in [1.807, 2.05) is 12.2 Å². The summed E-state index contributed by atoms with van der Waals surface area (Å²) in [7, 11) is 0. The lowest BCUT2D eigenvalue weighted by Crippen LogP contribution is -2.33. The maximum atomic E-state index is 12.6. The Morgan fingerprint density at radius 2 is 1.59 bits per heavy atom. The molecule has 2 bridgehead atoms. The molecule has 1 N–H and O–H groups in total. The number of carbonyl (C=O) groups is 3. The van der Waals surface area contributed by atoms with E-state index in [4.69, 9.17) is 0 Å². The number of hydrogen-bond acceptors (Lipinski definition) is 3. The summed E-state index contributed by atoms with van der Waals surface area (Å²) in [5, 5.41) is 2.66. The van der Waals surface area contributed by atoms with E-state index < -0.39 is 0 Å². The van der Waals surface area contributed by atoms with Gasteiger partial charge in [0.05, 0.1) is 5.69 Å². The Hall–Kier alpha value is -2.69. The predicted molar refractivity (Wildman–Crippen MR) is 81.0 cm³/mol. The second kappa shape index (κ2) is 4.40. The topological polar surface area (TPSA) is 66.5 Å². The molecule has 22 heavy (non-hydrogen) atoms. The molecule has 4 rings (SSSR count). The highest BCUT2D eigenvalue weighted by atomic mass is 16.2. The Kier molecular flexibility index (Phi) is 2.60. The molecule has 1 aliphatic heterocycles. The van der Waals surface area contributed by atoms with E-state index in [0.29, 0.717) is 22.5 Å². The lowest BCUT2D eigenvalue weighted by Gasteiger charge is -2.18. The van der Waals surface area contributed by atoms with E-state index in [0.717, 1.165) is 6.42 Å². The maximum absolute atomic E-state index is 12.6. The van der Waals surface area contributed by atoms with E-state index in [9.17, 15) is 14.4 Å². The minimum absolute atomic E-state index is 0.0973. The molecule has 0 saturated heterocycles. The van der Waals surface area contributed by atoms with Crippen LogP contribution in [0.2, 0.25) is 0 Å². The number of fused-ring (bicyclic) bond motifs is 4. The van der Waals surface area contributed by atoms with Gasteiger partial charge in [0, 0.05) is 35.6 Å². The van der Waals surface area contributed by atoms with Crippen LogP contribution in [0.5, 0.6) is 0 Å². The number of amides is 3. The van der Waals surface area contributed by atoms with E-state index in [2.05, 4.69) is 5.32 Å².